The molecule has 0 amide bonds. The molecule has 0 saturated carbocycles. The third kappa shape index (κ3) is 5.74. The standard InChI is InChI=1S/C43H33IN2O/c1-27-9-12-33(30-14-16-31(17-15-30)40(45)19-11-28-10-13-32-8-5-21-46-41(32)22-28)23-35(27)36-26-43-38(25-39(36)44)37-24-34(18-20-42(37)47-43)29-6-3-2-4-7-29/h2-20,23-26,46H,21-22,45H2,1H3/b28-11-,40-19-. The Balaban J connectivity index is 1.07. The summed E-state index contributed by atoms with van der Waals surface area (Å²) in [5, 5.41) is 5.76. The van der Waals surface area contributed by atoms with Gasteiger partial charge >= 0.3 is 0 Å². The van der Waals surface area contributed by atoms with Gasteiger partial charge < -0.3 is 15.5 Å². The summed E-state index contributed by atoms with van der Waals surface area (Å²) in [6.45, 7) is 3.06. The zero-order valence-electron chi connectivity index (χ0n) is 26.1. The lowest BCUT2D eigenvalue weighted by atomic mass is 9.94. The molecule has 0 bridgehead atoms. The van der Waals surface area contributed by atoms with Crippen molar-refractivity contribution in [3.63, 3.8) is 0 Å². The summed E-state index contributed by atoms with van der Waals surface area (Å²) in [5.74, 6) is 0. The van der Waals surface area contributed by atoms with E-state index >= 15 is 0 Å². The van der Waals surface area contributed by atoms with Gasteiger partial charge in [-0.15, -0.1) is 0 Å². The van der Waals surface area contributed by atoms with Gasteiger partial charge in [-0.2, -0.15) is 0 Å². The Morgan fingerprint density at radius 3 is 2.34 bits per heavy atom. The number of aryl methyl sites for hydroxylation is 1. The molecule has 0 saturated heterocycles. The number of fused-ring (bicyclic) bond motifs is 3. The van der Waals surface area contributed by atoms with Crippen LogP contribution in [-0.2, 0) is 0 Å². The molecule has 0 unspecified atom stereocenters. The smallest absolute Gasteiger partial charge is 0.136 e. The number of allylic oxidation sites excluding steroid dienone is 7. The fourth-order valence-electron chi connectivity index (χ4n) is 6.52. The second kappa shape index (κ2) is 12.3. The molecular formula is C43H33IN2O. The Kier molecular flexibility index (Phi) is 7.66. The lowest BCUT2D eigenvalue weighted by molar-refractivity contribution is 0.669. The van der Waals surface area contributed by atoms with Crippen molar-refractivity contribution in [2.24, 2.45) is 5.73 Å². The maximum atomic E-state index is 6.52. The van der Waals surface area contributed by atoms with E-state index in [1.807, 2.05) is 12.1 Å². The fraction of sp³-hybridized carbons (Fsp3) is 0.0698. The van der Waals surface area contributed by atoms with Crippen LogP contribution in [0.15, 0.2) is 161 Å². The first kappa shape index (κ1) is 29.3. The SMILES string of the molecule is Cc1ccc(-c2ccc(/C(N)=C/C=C3/C=CC4=C(C3)NCC=C4)cc2)cc1-c1cc2oc3ccc(-c4ccccc4)cc3c2cc1I. The second-order valence-corrected chi connectivity index (χ2v) is 13.4. The molecule has 47 heavy (non-hydrogen) atoms. The van der Waals surface area contributed by atoms with E-state index in [4.69, 9.17) is 10.2 Å². The minimum absolute atomic E-state index is 0.753. The number of nitrogens with two attached hydrogens (primary N) is 1. The summed E-state index contributed by atoms with van der Waals surface area (Å²) in [4.78, 5) is 0. The largest absolute Gasteiger partial charge is 0.456 e. The highest BCUT2D eigenvalue weighted by atomic mass is 127. The van der Waals surface area contributed by atoms with Crippen LogP contribution in [0.1, 0.15) is 17.5 Å². The van der Waals surface area contributed by atoms with Crippen LogP contribution < -0.4 is 11.1 Å². The van der Waals surface area contributed by atoms with Crippen LogP contribution in [0.3, 0.4) is 0 Å². The van der Waals surface area contributed by atoms with Gasteiger partial charge in [-0.3, -0.25) is 0 Å². The van der Waals surface area contributed by atoms with E-state index in [0.29, 0.717) is 0 Å². The normalized spacial score (nSPS) is 15.4. The third-order valence-electron chi connectivity index (χ3n) is 9.16. The lowest BCUT2D eigenvalue weighted by Gasteiger charge is -2.20. The minimum Gasteiger partial charge on any atom is -0.456 e. The van der Waals surface area contributed by atoms with Crippen molar-refractivity contribution < 1.29 is 4.42 Å². The number of hydrogen-bond donors (Lipinski definition) is 2. The molecule has 8 rings (SSSR count). The molecule has 5 aromatic carbocycles. The number of nitrogens with one attached hydrogen (secondary N) is 1. The van der Waals surface area contributed by atoms with Gasteiger partial charge in [-0.25, -0.2) is 0 Å². The molecule has 0 radical (unpaired) electrons. The molecule has 0 spiro atoms. The molecule has 4 heteroatoms. The van der Waals surface area contributed by atoms with E-state index in [1.165, 1.54) is 53.8 Å². The van der Waals surface area contributed by atoms with Crippen molar-refractivity contribution in [1.29, 1.82) is 0 Å². The number of benzene rings is 5. The van der Waals surface area contributed by atoms with E-state index in [1.54, 1.807) is 0 Å². The van der Waals surface area contributed by atoms with Gasteiger partial charge in [0.2, 0.25) is 0 Å². The van der Waals surface area contributed by atoms with Crippen molar-refractivity contribution in [2.45, 2.75) is 13.3 Å². The number of rotatable bonds is 5. The molecule has 1 aliphatic heterocycles. The molecule has 0 fully saturated rings. The van der Waals surface area contributed by atoms with Gasteiger partial charge in [0.05, 0.1) is 0 Å². The molecule has 1 aromatic heterocycles. The van der Waals surface area contributed by atoms with Gasteiger partial charge in [0, 0.05) is 38.7 Å². The van der Waals surface area contributed by atoms with Crippen LogP contribution in [0.5, 0.6) is 0 Å². The number of hydrogen-bond acceptors (Lipinski definition) is 3. The van der Waals surface area contributed by atoms with Crippen LogP contribution >= 0.6 is 22.6 Å². The first-order valence-corrected chi connectivity index (χ1v) is 17.0. The van der Waals surface area contributed by atoms with Gasteiger partial charge in [-0.1, -0.05) is 103 Å². The van der Waals surface area contributed by atoms with Crippen LogP contribution in [0, 0.1) is 10.5 Å². The number of halogens is 1. The Labute approximate surface area is 288 Å². The summed E-state index contributed by atoms with van der Waals surface area (Å²) in [5.41, 5.74) is 22.2. The molecular weight excluding hydrogens is 687 g/mol. The van der Waals surface area contributed by atoms with Crippen molar-refractivity contribution in [3.05, 3.63) is 171 Å². The molecule has 1 aliphatic carbocycles. The van der Waals surface area contributed by atoms with Crippen molar-refractivity contribution in [1.82, 2.24) is 5.32 Å². The Morgan fingerprint density at radius 1 is 0.745 bits per heavy atom. The summed E-state index contributed by atoms with van der Waals surface area (Å²) in [7, 11) is 0. The van der Waals surface area contributed by atoms with Crippen molar-refractivity contribution in [3.8, 4) is 33.4 Å². The number of dihydropyridines is 1. The summed E-state index contributed by atoms with van der Waals surface area (Å²) < 4.78 is 7.59. The van der Waals surface area contributed by atoms with E-state index < -0.39 is 0 Å². The second-order valence-electron chi connectivity index (χ2n) is 12.2. The lowest BCUT2D eigenvalue weighted by Crippen LogP contribution is -2.19. The summed E-state index contributed by atoms with van der Waals surface area (Å²) in [6, 6.07) is 36.7. The molecule has 3 nitrogen and oxygen atoms in total. The Hall–Kier alpha value is -5.07. The van der Waals surface area contributed by atoms with Gasteiger partial charge in [0.15, 0.2) is 0 Å². The van der Waals surface area contributed by atoms with Crippen LogP contribution in [0.25, 0.3) is 61.0 Å². The average molecular weight is 721 g/mol. The molecule has 6 aromatic rings. The van der Waals surface area contributed by atoms with Crippen LogP contribution in [0.4, 0.5) is 0 Å². The molecule has 0 atom stereocenters. The van der Waals surface area contributed by atoms with Crippen LogP contribution in [0.2, 0.25) is 0 Å². The highest BCUT2D eigenvalue weighted by Crippen LogP contribution is 2.39. The molecule has 2 aliphatic rings. The highest BCUT2D eigenvalue weighted by Gasteiger charge is 2.16. The Bertz CT molecular complexity index is 2330. The van der Waals surface area contributed by atoms with E-state index in [2.05, 4.69) is 162 Å². The topological polar surface area (TPSA) is 51.2 Å². The van der Waals surface area contributed by atoms with Gasteiger partial charge in [-0.05, 0) is 122 Å². The van der Waals surface area contributed by atoms with E-state index in [9.17, 15) is 0 Å². The first-order valence-electron chi connectivity index (χ1n) is 15.9. The number of furan rings is 1. The highest BCUT2D eigenvalue weighted by molar-refractivity contribution is 14.1. The summed E-state index contributed by atoms with van der Waals surface area (Å²) >= 11 is 2.47. The maximum Gasteiger partial charge on any atom is 0.136 e. The fourth-order valence-corrected chi connectivity index (χ4v) is 7.28. The van der Waals surface area contributed by atoms with Gasteiger partial charge in [0.1, 0.15) is 11.2 Å². The zero-order chi connectivity index (χ0) is 31.9. The average Bonchev–Trinajstić information content (AvgIpc) is 3.47. The van der Waals surface area contributed by atoms with E-state index in [-0.39, 0.29) is 0 Å². The first-order chi connectivity index (χ1) is 23.0. The molecule has 2 heterocycles. The third-order valence-corrected chi connectivity index (χ3v) is 10.1. The van der Waals surface area contributed by atoms with Gasteiger partial charge in [0.25, 0.3) is 0 Å². The van der Waals surface area contributed by atoms with E-state index in [0.717, 1.165) is 51.7 Å². The maximum absolute atomic E-state index is 6.52. The van der Waals surface area contributed by atoms with Crippen molar-refractivity contribution >= 4 is 50.2 Å². The predicted octanol–water partition coefficient (Wildman–Crippen LogP) is 11.1. The quantitative estimate of drug-likeness (QED) is 0.174. The zero-order valence-corrected chi connectivity index (χ0v) is 28.2. The minimum atomic E-state index is 0.753. The predicted molar refractivity (Wildman–Crippen MR) is 206 cm³/mol. The van der Waals surface area contributed by atoms with Crippen LogP contribution in [-0.4, -0.2) is 6.54 Å². The molecule has 228 valence electrons. The van der Waals surface area contributed by atoms with Crippen molar-refractivity contribution in [2.75, 3.05) is 6.54 Å². The Morgan fingerprint density at radius 2 is 1.49 bits per heavy atom. The molecule has 3 N–H and O–H groups in total. The monoisotopic (exact) mass is 720 g/mol. The summed E-state index contributed by atoms with van der Waals surface area (Å²) in [6.07, 6.45) is 13.7.